The van der Waals surface area contributed by atoms with Gasteiger partial charge in [-0.1, -0.05) is 23.4 Å². The molecule has 156 valence electrons. The maximum Gasteiger partial charge on any atom is 0.225 e. The van der Waals surface area contributed by atoms with Crippen LogP contribution in [-0.4, -0.2) is 44.4 Å². The number of amides is 1. The molecule has 1 heterocycles. The van der Waals surface area contributed by atoms with Crippen LogP contribution in [0.5, 0.6) is 11.5 Å². The molecule has 0 fully saturated rings. The lowest BCUT2D eigenvalue weighted by atomic mass is 10.1. The fourth-order valence-electron chi connectivity index (χ4n) is 3.18. The van der Waals surface area contributed by atoms with Gasteiger partial charge in [0.1, 0.15) is 16.9 Å². The highest BCUT2D eigenvalue weighted by Gasteiger charge is 2.36. The Morgan fingerprint density at radius 3 is 2.83 bits per heavy atom. The summed E-state index contributed by atoms with van der Waals surface area (Å²) in [4.78, 5) is 15.2. The zero-order valence-corrected chi connectivity index (χ0v) is 18.1. The number of nitrogens with zero attached hydrogens (tertiary/aromatic N) is 1. The van der Waals surface area contributed by atoms with Crippen molar-refractivity contribution in [2.75, 3.05) is 38.3 Å². The number of hydrogen-bond donors (Lipinski definition) is 2. The molecule has 3 rings (SSSR count). The number of hydrogen-bond acceptors (Lipinski definition) is 6. The number of anilines is 1. The molecule has 1 atom stereocenters. The average molecular weight is 437 g/mol. The van der Waals surface area contributed by atoms with Crippen molar-refractivity contribution in [2.24, 2.45) is 0 Å². The largest absolute Gasteiger partial charge is 0.497 e. The summed E-state index contributed by atoms with van der Waals surface area (Å²) in [5, 5.41) is 12.3. The average Bonchev–Trinajstić information content (AvgIpc) is 3.09. The highest BCUT2D eigenvalue weighted by molar-refractivity contribution is 8.00. The van der Waals surface area contributed by atoms with E-state index < -0.39 is 0 Å². The maximum atomic E-state index is 12.5. The van der Waals surface area contributed by atoms with Gasteiger partial charge in [-0.25, -0.2) is 0 Å². The van der Waals surface area contributed by atoms with E-state index in [1.165, 1.54) is 0 Å². The second kappa shape index (κ2) is 10.2. The number of aliphatic hydroxyl groups excluding tert-OH is 1. The van der Waals surface area contributed by atoms with E-state index in [1.54, 1.807) is 36.8 Å². The van der Waals surface area contributed by atoms with Crippen LogP contribution in [0.4, 0.5) is 5.69 Å². The molecule has 2 aromatic rings. The summed E-state index contributed by atoms with van der Waals surface area (Å²) in [6, 6.07) is 11.2. The third kappa shape index (κ3) is 5.17. The molecule has 2 aromatic carbocycles. The minimum Gasteiger partial charge on any atom is -0.497 e. The number of carbonyl (C=O) groups excluding carboxylic acids is 1. The zero-order valence-electron chi connectivity index (χ0n) is 16.5. The van der Waals surface area contributed by atoms with E-state index in [4.69, 9.17) is 26.2 Å². The molecule has 0 aromatic heterocycles. The van der Waals surface area contributed by atoms with E-state index >= 15 is 0 Å². The van der Waals surface area contributed by atoms with Gasteiger partial charge in [0.05, 0.1) is 26.0 Å². The number of methoxy groups -OCH3 is 1. The summed E-state index contributed by atoms with van der Waals surface area (Å²) in [6.07, 6.45) is 0.801. The molecule has 0 bridgehead atoms. The molecule has 8 heteroatoms. The Morgan fingerprint density at radius 2 is 2.10 bits per heavy atom. The van der Waals surface area contributed by atoms with Crippen molar-refractivity contribution in [3.05, 3.63) is 47.0 Å². The summed E-state index contributed by atoms with van der Waals surface area (Å²) in [7, 11) is 1.62. The van der Waals surface area contributed by atoms with Crippen LogP contribution in [0.15, 0.2) is 41.3 Å². The topological polar surface area (TPSA) is 71.0 Å². The van der Waals surface area contributed by atoms with Crippen LogP contribution in [0, 0.1) is 0 Å². The SMILES string of the molecule is COc1ccc(OCCCNCCO)c(C2Sc3cc(Cl)ccc3N2C(C)=O)c1. The smallest absolute Gasteiger partial charge is 0.225 e. The molecule has 1 amide bonds. The molecule has 0 aliphatic carbocycles. The number of nitrogens with one attached hydrogen (secondary N) is 1. The molecule has 1 aliphatic rings. The second-order valence-electron chi connectivity index (χ2n) is 6.55. The number of halogens is 1. The summed E-state index contributed by atoms with van der Waals surface area (Å²) < 4.78 is 11.5. The van der Waals surface area contributed by atoms with Gasteiger partial charge in [-0.3, -0.25) is 9.69 Å². The summed E-state index contributed by atoms with van der Waals surface area (Å²) in [5.74, 6) is 1.37. The molecular formula is C21H25ClN2O4S. The second-order valence-corrected chi connectivity index (χ2v) is 8.11. The Bertz CT molecular complexity index is 865. The Hall–Kier alpha value is -1.93. The molecule has 0 saturated carbocycles. The van der Waals surface area contributed by atoms with E-state index in [1.807, 2.05) is 30.3 Å². The van der Waals surface area contributed by atoms with Crippen LogP contribution < -0.4 is 19.7 Å². The minimum absolute atomic E-state index is 0.0504. The number of rotatable bonds is 9. The van der Waals surface area contributed by atoms with Crippen molar-refractivity contribution in [2.45, 2.75) is 23.6 Å². The lowest BCUT2D eigenvalue weighted by Crippen LogP contribution is -2.28. The van der Waals surface area contributed by atoms with Gasteiger partial charge in [-0.15, -0.1) is 0 Å². The van der Waals surface area contributed by atoms with Crippen molar-refractivity contribution >= 4 is 35.0 Å². The van der Waals surface area contributed by atoms with Crippen molar-refractivity contribution in [1.82, 2.24) is 5.32 Å². The predicted molar refractivity (Wildman–Crippen MR) is 116 cm³/mol. The van der Waals surface area contributed by atoms with Gasteiger partial charge in [-0.2, -0.15) is 0 Å². The van der Waals surface area contributed by atoms with E-state index in [9.17, 15) is 4.79 Å². The Labute approximate surface area is 180 Å². The van der Waals surface area contributed by atoms with E-state index in [0.717, 1.165) is 34.9 Å². The monoisotopic (exact) mass is 436 g/mol. The van der Waals surface area contributed by atoms with Crippen LogP contribution in [0.2, 0.25) is 5.02 Å². The van der Waals surface area contributed by atoms with Crippen molar-refractivity contribution in [1.29, 1.82) is 0 Å². The van der Waals surface area contributed by atoms with Gasteiger partial charge >= 0.3 is 0 Å². The summed E-state index contributed by atoms with van der Waals surface area (Å²) in [6.45, 7) is 3.53. The van der Waals surface area contributed by atoms with Crippen LogP contribution >= 0.6 is 23.4 Å². The predicted octanol–water partition coefficient (Wildman–Crippen LogP) is 3.86. The maximum absolute atomic E-state index is 12.5. The van der Waals surface area contributed by atoms with Crippen molar-refractivity contribution in [3.63, 3.8) is 0 Å². The van der Waals surface area contributed by atoms with Crippen LogP contribution in [0.3, 0.4) is 0 Å². The highest BCUT2D eigenvalue weighted by atomic mass is 35.5. The first kappa shape index (κ1) is 21.8. The standard InChI is InChI=1S/C21H25ClN2O4S/c1-14(26)24-18-6-4-15(22)12-20(18)29-21(24)17-13-16(27-2)5-7-19(17)28-11-3-8-23-9-10-25/h4-7,12-13,21,23,25H,3,8-11H2,1-2H3. The van der Waals surface area contributed by atoms with Gasteiger partial charge in [-0.05, 0) is 49.4 Å². The number of carbonyl (C=O) groups is 1. The first-order chi connectivity index (χ1) is 14.0. The lowest BCUT2D eigenvalue weighted by molar-refractivity contribution is -0.116. The number of aliphatic hydroxyl groups is 1. The first-order valence-corrected chi connectivity index (χ1v) is 10.7. The fourth-order valence-corrected chi connectivity index (χ4v) is 4.82. The van der Waals surface area contributed by atoms with Gasteiger partial charge in [0, 0.05) is 29.0 Å². The molecule has 0 radical (unpaired) electrons. The van der Waals surface area contributed by atoms with Gasteiger partial charge < -0.3 is 19.9 Å². The Balaban J connectivity index is 1.85. The minimum atomic E-state index is -0.265. The molecule has 1 aliphatic heterocycles. The van der Waals surface area contributed by atoms with Gasteiger partial charge in [0.15, 0.2) is 0 Å². The molecular weight excluding hydrogens is 412 g/mol. The van der Waals surface area contributed by atoms with Crippen molar-refractivity contribution < 1.29 is 19.4 Å². The molecule has 29 heavy (non-hydrogen) atoms. The van der Waals surface area contributed by atoms with Crippen molar-refractivity contribution in [3.8, 4) is 11.5 Å². The third-order valence-electron chi connectivity index (χ3n) is 4.52. The summed E-state index contributed by atoms with van der Waals surface area (Å²) >= 11 is 7.73. The lowest BCUT2D eigenvalue weighted by Gasteiger charge is -2.25. The van der Waals surface area contributed by atoms with Gasteiger partial charge in [0.2, 0.25) is 5.91 Å². The number of ether oxygens (including phenoxy) is 2. The molecule has 2 N–H and O–H groups in total. The fraction of sp³-hybridized carbons (Fsp3) is 0.381. The quantitative estimate of drug-likeness (QED) is 0.582. The first-order valence-electron chi connectivity index (χ1n) is 9.43. The van der Waals surface area contributed by atoms with Crippen LogP contribution in [0.25, 0.3) is 0 Å². The molecule has 1 unspecified atom stereocenters. The molecule has 6 nitrogen and oxygen atoms in total. The zero-order chi connectivity index (χ0) is 20.8. The van der Waals surface area contributed by atoms with E-state index in [0.29, 0.717) is 23.9 Å². The molecule has 0 spiro atoms. The Kier molecular flexibility index (Phi) is 7.66. The van der Waals surface area contributed by atoms with E-state index in [-0.39, 0.29) is 17.9 Å². The third-order valence-corrected chi connectivity index (χ3v) is 6.02. The van der Waals surface area contributed by atoms with Crippen LogP contribution in [-0.2, 0) is 4.79 Å². The molecule has 0 saturated heterocycles. The summed E-state index contributed by atoms with van der Waals surface area (Å²) in [5.41, 5.74) is 1.72. The van der Waals surface area contributed by atoms with Crippen LogP contribution in [0.1, 0.15) is 24.3 Å². The number of thioether (sulfide) groups is 1. The van der Waals surface area contributed by atoms with E-state index in [2.05, 4.69) is 5.32 Å². The number of fused-ring (bicyclic) bond motifs is 1. The highest BCUT2D eigenvalue weighted by Crippen LogP contribution is 2.54. The normalized spacial score (nSPS) is 15.3. The van der Waals surface area contributed by atoms with Gasteiger partial charge in [0.25, 0.3) is 0 Å². The Morgan fingerprint density at radius 1 is 1.28 bits per heavy atom. The number of benzene rings is 2.